The fourth-order valence-corrected chi connectivity index (χ4v) is 3.93. The summed E-state index contributed by atoms with van der Waals surface area (Å²) in [4.78, 5) is 19.6. The van der Waals surface area contributed by atoms with Crippen LogP contribution in [0.4, 0.5) is 0 Å². The largest absolute Gasteiger partial charge is 0.355 e. The van der Waals surface area contributed by atoms with E-state index in [1.165, 1.54) is 32.4 Å². The number of aromatic nitrogens is 2. The summed E-state index contributed by atoms with van der Waals surface area (Å²) in [5.74, 6) is 1.86. The summed E-state index contributed by atoms with van der Waals surface area (Å²) in [5, 5.41) is 3.07. The molecule has 1 saturated heterocycles. The standard InChI is InChI=1S/C19H28N4OS/c1-25-15-18-21-16-8-3-4-9-17(16)23(18)14-19(24)20-10-7-13-22-11-5-2-6-12-22/h3-4,8-9H,2,5-7,10-15H2,1H3,(H,20,24). The highest BCUT2D eigenvalue weighted by molar-refractivity contribution is 7.97. The number of likely N-dealkylation sites (tertiary alicyclic amines) is 1. The van der Waals surface area contributed by atoms with Gasteiger partial charge in [0.15, 0.2) is 0 Å². The molecule has 3 rings (SSSR count). The number of carbonyl (C=O) groups excluding carboxylic acids is 1. The Balaban J connectivity index is 1.52. The predicted molar refractivity (Wildman–Crippen MR) is 105 cm³/mol. The second-order valence-electron chi connectivity index (χ2n) is 6.64. The molecule has 0 bridgehead atoms. The fraction of sp³-hybridized carbons (Fsp3) is 0.579. The predicted octanol–water partition coefficient (Wildman–Crippen LogP) is 2.89. The number of piperidine rings is 1. The van der Waals surface area contributed by atoms with Crippen LogP contribution < -0.4 is 5.32 Å². The molecule has 0 unspecified atom stereocenters. The number of imidazole rings is 1. The van der Waals surface area contributed by atoms with Crippen molar-refractivity contribution in [2.24, 2.45) is 0 Å². The van der Waals surface area contributed by atoms with E-state index in [4.69, 9.17) is 0 Å². The third-order valence-electron chi connectivity index (χ3n) is 4.73. The topological polar surface area (TPSA) is 50.2 Å². The molecule has 0 atom stereocenters. The van der Waals surface area contributed by atoms with E-state index in [0.29, 0.717) is 6.54 Å². The van der Waals surface area contributed by atoms with Gasteiger partial charge in [-0.3, -0.25) is 4.79 Å². The lowest BCUT2D eigenvalue weighted by molar-refractivity contribution is -0.121. The zero-order valence-electron chi connectivity index (χ0n) is 15.0. The minimum atomic E-state index is 0.0733. The van der Waals surface area contributed by atoms with Crippen LogP contribution >= 0.6 is 11.8 Å². The Kier molecular flexibility index (Phi) is 6.76. The second kappa shape index (κ2) is 9.25. The van der Waals surface area contributed by atoms with E-state index in [0.717, 1.165) is 42.1 Å². The van der Waals surface area contributed by atoms with Crippen molar-refractivity contribution in [1.29, 1.82) is 0 Å². The number of nitrogens with one attached hydrogen (secondary N) is 1. The minimum absolute atomic E-state index is 0.0733. The molecule has 1 N–H and O–H groups in total. The number of hydrogen-bond donors (Lipinski definition) is 1. The van der Waals surface area contributed by atoms with Crippen LogP contribution in [0.3, 0.4) is 0 Å². The van der Waals surface area contributed by atoms with E-state index in [2.05, 4.69) is 21.5 Å². The summed E-state index contributed by atoms with van der Waals surface area (Å²) in [6, 6.07) is 8.03. The average molecular weight is 361 g/mol. The van der Waals surface area contributed by atoms with Crippen LogP contribution in [0.5, 0.6) is 0 Å². The first kappa shape index (κ1) is 18.3. The molecule has 1 aliphatic rings. The van der Waals surface area contributed by atoms with Gasteiger partial charge in [-0.05, 0) is 57.3 Å². The number of fused-ring (bicyclic) bond motifs is 1. The van der Waals surface area contributed by atoms with Gasteiger partial charge < -0.3 is 14.8 Å². The van der Waals surface area contributed by atoms with Gasteiger partial charge in [0.2, 0.25) is 5.91 Å². The summed E-state index contributed by atoms with van der Waals surface area (Å²) < 4.78 is 2.05. The number of benzene rings is 1. The summed E-state index contributed by atoms with van der Waals surface area (Å²) in [7, 11) is 0. The van der Waals surface area contributed by atoms with Crippen molar-refractivity contribution in [3.8, 4) is 0 Å². The molecule has 0 radical (unpaired) electrons. The van der Waals surface area contributed by atoms with Gasteiger partial charge in [-0.15, -0.1) is 0 Å². The molecule has 0 spiro atoms. The van der Waals surface area contributed by atoms with Crippen LogP contribution in [0.25, 0.3) is 11.0 Å². The van der Waals surface area contributed by atoms with Crippen molar-refractivity contribution in [3.05, 3.63) is 30.1 Å². The van der Waals surface area contributed by atoms with Crippen molar-refractivity contribution in [3.63, 3.8) is 0 Å². The monoisotopic (exact) mass is 360 g/mol. The first-order valence-electron chi connectivity index (χ1n) is 9.20. The van der Waals surface area contributed by atoms with Crippen LogP contribution in [0.1, 0.15) is 31.5 Å². The van der Waals surface area contributed by atoms with Crippen LogP contribution in [0, 0.1) is 0 Å². The Bertz CT molecular complexity index is 694. The SMILES string of the molecule is CSCc1nc2ccccc2n1CC(=O)NCCCN1CCCCC1. The molecule has 0 saturated carbocycles. The maximum Gasteiger partial charge on any atom is 0.240 e. The number of amides is 1. The molecular formula is C19H28N4OS. The van der Waals surface area contributed by atoms with E-state index in [-0.39, 0.29) is 5.91 Å². The first-order valence-corrected chi connectivity index (χ1v) is 10.6. The van der Waals surface area contributed by atoms with Gasteiger partial charge in [0.25, 0.3) is 0 Å². The number of thioether (sulfide) groups is 1. The summed E-state index contributed by atoms with van der Waals surface area (Å²) >= 11 is 1.73. The molecule has 2 heterocycles. The minimum Gasteiger partial charge on any atom is -0.355 e. The molecule has 1 amide bonds. The van der Waals surface area contributed by atoms with Crippen molar-refractivity contribution in [2.75, 3.05) is 32.4 Å². The van der Waals surface area contributed by atoms with Gasteiger partial charge in [0.1, 0.15) is 12.4 Å². The summed E-state index contributed by atoms with van der Waals surface area (Å²) in [6.07, 6.45) is 7.08. The maximum absolute atomic E-state index is 12.4. The highest BCUT2D eigenvalue weighted by atomic mass is 32.2. The lowest BCUT2D eigenvalue weighted by atomic mass is 10.1. The van der Waals surface area contributed by atoms with Gasteiger partial charge in [0, 0.05) is 6.54 Å². The highest BCUT2D eigenvalue weighted by Crippen LogP contribution is 2.18. The molecule has 5 nitrogen and oxygen atoms in total. The Morgan fingerprint density at radius 2 is 2.04 bits per heavy atom. The van der Waals surface area contributed by atoms with Crippen molar-refractivity contribution in [1.82, 2.24) is 19.8 Å². The third kappa shape index (κ3) is 4.98. The Hall–Kier alpha value is -1.53. The van der Waals surface area contributed by atoms with Gasteiger partial charge >= 0.3 is 0 Å². The van der Waals surface area contributed by atoms with Gasteiger partial charge in [-0.1, -0.05) is 18.6 Å². The zero-order chi connectivity index (χ0) is 17.5. The van der Waals surface area contributed by atoms with E-state index in [1.807, 2.05) is 28.8 Å². The summed E-state index contributed by atoms with van der Waals surface area (Å²) in [5.41, 5.74) is 2.00. The van der Waals surface area contributed by atoms with E-state index in [1.54, 1.807) is 11.8 Å². The summed E-state index contributed by atoms with van der Waals surface area (Å²) in [6.45, 7) is 4.62. The highest BCUT2D eigenvalue weighted by Gasteiger charge is 2.13. The quantitative estimate of drug-likeness (QED) is 0.736. The van der Waals surface area contributed by atoms with Crippen LogP contribution in [-0.2, 0) is 17.1 Å². The van der Waals surface area contributed by atoms with E-state index < -0.39 is 0 Å². The Labute approximate surface area is 154 Å². The molecular weight excluding hydrogens is 332 g/mol. The third-order valence-corrected chi connectivity index (χ3v) is 5.28. The zero-order valence-corrected chi connectivity index (χ0v) is 15.9. The normalized spacial score (nSPS) is 15.6. The number of hydrogen-bond acceptors (Lipinski definition) is 4. The van der Waals surface area contributed by atoms with Crippen molar-refractivity contribution < 1.29 is 4.79 Å². The lowest BCUT2D eigenvalue weighted by Gasteiger charge is -2.26. The van der Waals surface area contributed by atoms with E-state index >= 15 is 0 Å². The molecule has 1 aromatic carbocycles. The van der Waals surface area contributed by atoms with E-state index in [9.17, 15) is 4.79 Å². The first-order chi connectivity index (χ1) is 12.3. The maximum atomic E-state index is 12.4. The molecule has 1 fully saturated rings. The van der Waals surface area contributed by atoms with Crippen LogP contribution in [-0.4, -0.2) is 52.8 Å². The second-order valence-corrected chi connectivity index (χ2v) is 7.51. The van der Waals surface area contributed by atoms with Crippen LogP contribution in [0.15, 0.2) is 24.3 Å². The number of nitrogens with zero attached hydrogens (tertiary/aromatic N) is 3. The molecule has 136 valence electrons. The molecule has 25 heavy (non-hydrogen) atoms. The lowest BCUT2D eigenvalue weighted by Crippen LogP contribution is -2.34. The van der Waals surface area contributed by atoms with Crippen molar-refractivity contribution in [2.45, 2.75) is 38.0 Å². The number of para-hydroxylation sites is 2. The number of rotatable bonds is 8. The van der Waals surface area contributed by atoms with Gasteiger partial charge in [-0.2, -0.15) is 11.8 Å². The molecule has 1 aliphatic heterocycles. The van der Waals surface area contributed by atoms with Crippen molar-refractivity contribution >= 4 is 28.7 Å². The molecule has 1 aromatic heterocycles. The van der Waals surface area contributed by atoms with Gasteiger partial charge in [-0.25, -0.2) is 4.98 Å². The van der Waals surface area contributed by atoms with Gasteiger partial charge in [0.05, 0.1) is 16.8 Å². The smallest absolute Gasteiger partial charge is 0.240 e. The molecule has 0 aliphatic carbocycles. The average Bonchev–Trinajstić information content (AvgIpc) is 2.97. The molecule has 6 heteroatoms. The van der Waals surface area contributed by atoms with Crippen LogP contribution in [0.2, 0.25) is 0 Å². The number of carbonyl (C=O) groups is 1. The Morgan fingerprint density at radius 3 is 2.84 bits per heavy atom. The fourth-order valence-electron chi connectivity index (χ4n) is 3.45. The Morgan fingerprint density at radius 1 is 1.24 bits per heavy atom. The molecule has 2 aromatic rings.